The highest BCUT2D eigenvalue weighted by atomic mass is 35.5. The van der Waals surface area contributed by atoms with Crippen LogP contribution in [0, 0.1) is 11.6 Å². The lowest BCUT2D eigenvalue weighted by molar-refractivity contribution is 0.458. The first kappa shape index (κ1) is 12.9. The van der Waals surface area contributed by atoms with Crippen molar-refractivity contribution in [3.63, 3.8) is 0 Å². The number of hydrogen-bond donors (Lipinski definition) is 1. The second kappa shape index (κ2) is 5.00. The quantitative estimate of drug-likeness (QED) is 0.863. The molecule has 0 aliphatic rings. The van der Waals surface area contributed by atoms with Crippen molar-refractivity contribution in [2.24, 2.45) is 0 Å². The van der Waals surface area contributed by atoms with E-state index in [-0.39, 0.29) is 27.3 Å². The molecule has 0 fully saturated rings. The van der Waals surface area contributed by atoms with E-state index in [1.807, 2.05) is 0 Å². The van der Waals surface area contributed by atoms with E-state index < -0.39 is 11.6 Å². The normalized spacial score (nSPS) is 10.4. The van der Waals surface area contributed by atoms with E-state index in [4.69, 9.17) is 27.9 Å². The molecule has 0 unspecified atom stereocenters. The molecule has 2 aromatic rings. The van der Waals surface area contributed by atoms with E-state index >= 15 is 0 Å². The number of aromatic hydroxyl groups is 1. The van der Waals surface area contributed by atoms with Gasteiger partial charge in [0.25, 0.3) is 0 Å². The number of benzene rings is 2. The molecule has 0 saturated heterocycles. The highest BCUT2D eigenvalue weighted by Crippen LogP contribution is 2.37. The van der Waals surface area contributed by atoms with Crippen LogP contribution in [0.15, 0.2) is 30.3 Å². The molecular weight excluding hydrogens is 285 g/mol. The Kier molecular flexibility index (Phi) is 3.59. The van der Waals surface area contributed by atoms with Crippen LogP contribution in [0.5, 0.6) is 17.2 Å². The van der Waals surface area contributed by atoms with Crippen LogP contribution in [0.4, 0.5) is 8.78 Å². The van der Waals surface area contributed by atoms with Crippen LogP contribution in [0.2, 0.25) is 10.0 Å². The van der Waals surface area contributed by atoms with Gasteiger partial charge in [0.05, 0.1) is 10.0 Å². The van der Waals surface area contributed by atoms with E-state index in [2.05, 4.69) is 0 Å². The molecule has 0 radical (unpaired) electrons. The SMILES string of the molecule is Oc1c(Cl)cc(Oc2cc(F)cc(F)c2)cc1Cl. The fourth-order valence-corrected chi connectivity index (χ4v) is 1.79. The van der Waals surface area contributed by atoms with Gasteiger partial charge in [0.1, 0.15) is 23.1 Å². The lowest BCUT2D eigenvalue weighted by Gasteiger charge is -2.08. The van der Waals surface area contributed by atoms with Gasteiger partial charge in [0.15, 0.2) is 5.75 Å². The fraction of sp³-hybridized carbons (Fsp3) is 0. The first-order valence-corrected chi connectivity index (χ1v) is 5.53. The second-order valence-corrected chi connectivity index (χ2v) is 4.26. The Morgan fingerprint density at radius 2 is 1.28 bits per heavy atom. The number of hydrogen-bond acceptors (Lipinski definition) is 2. The molecule has 2 nitrogen and oxygen atoms in total. The Hall–Kier alpha value is -1.52. The molecule has 0 atom stereocenters. The predicted octanol–water partition coefficient (Wildman–Crippen LogP) is 4.77. The maximum absolute atomic E-state index is 12.9. The van der Waals surface area contributed by atoms with Gasteiger partial charge >= 0.3 is 0 Å². The summed E-state index contributed by atoms with van der Waals surface area (Å²) in [5.74, 6) is -1.68. The molecule has 2 rings (SSSR count). The van der Waals surface area contributed by atoms with Crippen molar-refractivity contribution in [1.82, 2.24) is 0 Å². The van der Waals surface area contributed by atoms with Crippen LogP contribution < -0.4 is 4.74 Å². The highest BCUT2D eigenvalue weighted by Gasteiger charge is 2.09. The van der Waals surface area contributed by atoms with E-state index in [0.717, 1.165) is 18.2 Å². The molecule has 0 bridgehead atoms. The van der Waals surface area contributed by atoms with Gasteiger partial charge in [-0.1, -0.05) is 23.2 Å². The topological polar surface area (TPSA) is 29.5 Å². The van der Waals surface area contributed by atoms with E-state index in [9.17, 15) is 13.9 Å². The Morgan fingerprint density at radius 3 is 1.78 bits per heavy atom. The van der Waals surface area contributed by atoms with Gasteiger partial charge in [-0.25, -0.2) is 8.78 Å². The number of phenols is 1. The van der Waals surface area contributed by atoms with Gasteiger partial charge in [-0.2, -0.15) is 0 Å². The average molecular weight is 291 g/mol. The summed E-state index contributed by atoms with van der Waals surface area (Å²) in [7, 11) is 0. The smallest absolute Gasteiger partial charge is 0.153 e. The standard InChI is InChI=1S/C12H6Cl2F2O2/c13-10-4-9(5-11(14)12(10)17)18-8-2-6(15)1-7(16)3-8/h1-5,17H. The van der Waals surface area contributed by atoms with E-state index in [0.29, 0.717) is 0 Å². The van der Waals surface area contributed by atoms with Crippen molar-refractivity contribution in [2.45, 2.75) is 0 Å². The number of ether oxygens (including phenoxy) is 1. The minimum Gasteiger partial charge on any atom is -0.505 e. The van der Waals surface area contributed by atoms with Gasteiger partial charge in [-0.05, 0) is 0 Å². The molecule has 0 aliphatic heterocycles. The van der Waals surface area contributed by atoms with Gasteiger partial charge < -0.3 is 9.84 Å². The molecule has 0 spiro atoms. The molecule has 1 N–H and O–H groups in total. The molecule has 0 saturated carbocycles. The summed E-state index contributed by atoms with van der Waals surface area (Å²) in [6.07, 6.45) is 0. The largest absolute Gasteiger partial charge is 0.505 e. The molecule has 2 aromatic carbocycles. The van der Waals surface area contributed by atoms with Gasteiger partial charge in [0.2, 0.25) is 0 Å². The summed E-state index contributed by atoms with van der Waals surface area (Å²) in [4.78, 5) is 0. The first-order valence-electron chi connectivity index (χ1n) is 4.77. The summed E-state index contributed by atoms with van der Waals surface area (Å²) in [5, 5.41) is 9.31. The molecule has 6 heteroatoms. The van der Waals surface area contributed by atoms with Crippen molar-refractivity contribution < 1.29 is 18.6 Å². The third kappa shape index (κ3) is 2.83. The average Bonchev–Trinajstić information content (AvgIpc) is 2.24. The molecular formula is C12H6Cl2F2O2. The molecule has 0 aromatic heterocycles. The summed E-state index contributed by atoms with van der Waals surface area (Å²) in [6.45, 7) is 0. The molecule has 0 amide bonds. The lowest BCUT2D eigenvalue weighted by Crippen LogP contribution is -1.88. The zero-order valence-corrected chi connectivity index (χ0v) is 10.3. The van der Waals surface area contributed by atoms with E-state index in [1.165, 1.54) is 12.1 Å². The highest BCUT2D eigenvalue weighted by molar-refractivity contribution is 6.37. The summed E-state index contributed by atoms with van der Waals surface area (Å²) in [6, 6.07) is 5.32. The number of rotatable bonds is 2. The molecule has 0 aliphatic carbocycles. The van der Waals surface area contributed by atoms with Crippen LogP contribution in [-0.2, 0) is 0 Å². The minimum atomic E-state index is -0.763. The Balaban J connectivity index is 2.34. The van der Waals surface area contributed by atoms with Gasteiger partial charge in [-0.15, -0.1) is 0 Å². The van der Waals surface area contributed by atoms with E-state index in [1.54, 1.807) is 0 Å². The van der Waals surface area contributed by atoms with Crippen LogP contribution in [-0.4, -0.2) is 5.11 Å². The predicted molar refractivity (Wildman–Crippen MR) is 64.6 cm³/mol. The Labute approximate surface area is 111 Å². The Morgan fingerprint density at radius 1 is 0.833 bits per heavy atom. The third-order valence-corrected chi connectivity index (χ3v) is 2.64. The maximum Gasteiger partial charge on any atom is 0.153 e. The summed E-state index contributed by atoms with van der Waals surface area (Å²) < 4.78 is 31.1. The maximum atomic E-state index is 12.9. The van der Waals surface area contributed by atoms with Crippen molar-refractivity contribution in [1.29, 1.82) is 0 Å². The van der Waals surface area contributed by atoms with Crippen molar-refractivity contribution in [2.75, 3.05) is 0 Å². The van der Waals surface area contributed by atoms with Crippen LogP contribution in [0.3, 0.4) is 0 Å². The number of phenolic OH excluding ortho intramolecular Hbond substituents is 1. The molecule has 18 heavy (non-hydrogen) atoms. The van der Waals surface area contributed by atoms with Gasteiger partial charge in [0, 0.05) is 30.3 Å². The van der Waals surface area contributed by atoms with Gasteiger partial charge in [-0.3, -0.25) is 0 Å². The zero-order chi connectivity index (χ0) is 13.3. The molecule has 94 valence electrons. The molecule has 0 heterocycles. The third-order valence-electron chi connectivity index (χ3n) is 2.06. The zero-order valence-electron chi connectivity index (χ0n) is 8.75. The first-order chi connectivity index (χ1) is 8.45. The lowest BCUT2D eigenvalue weighted by atomic mass is 10.3. The van der Waals surface area contributed by atoms with Crippen LogP contribution in [0.25, 0.3) is 0 Å². The fourth-order valence-electron chi connectivity index (χ4n) is 1.32. The minimum absolute atomic E-state index is 0.0191. The van der Waals surface area contributed by atoms with Crippen LogP contribution >= 0.6 is 23.2 Å². The van der Waals surface area contributed by atoms with Crippen molar-refractivity contribution >= 4 is 23.2 Å². The summed E-state index contributed by atoms with van der Waals surface area (Å²) in [5.41, 5.74) is 0. The van der Waals surface area contributed by atoms with Crippen LogP contribution in [0.1, 0.15) is 0 Å². The monoisotopic (exact) mass is 290 g/mol. The summed E-state index contributed by atoms with van der Waals surface area (Å²) >= 11 is 11.4. The number of halogens is 4. The second-order valence-electron chi connectivity index (χ2n) is 3.44. The van der Waals surface area contributed by atoms with Crippen molar-refractivity contribution in [3.05, 3.63) is 52.0 Å². The Bertz CT molecular complexity index is 559. The van der Waals surface area contributed by atoms with Crippen molar-refractivity contribution in [3.8, 4) is 17.2 Å².